The van der Waals surface area contributed by atoms with Gasteiger partial charge < -0.3 is 25.3 Å². The lowest BCUT2D eigenvalue weighted by molar-refractivity contribution is -0.376. The number of ether oxygens (including phenoxy) is 3. The van der Waals surface area contributed by atoms with Crippen LogP contribution in [0.5, 0.6) is 11.5 Å². The minimum atomic E-state index is -0.556. The number of nitrogens with one attached hydrogen (secondary N) is 1. The molecule has 0 saturated carbocycles. The molecule has 1 aliphatic rings. The van der Waals surface area contributed by atoms with E-state index in [4.69, 9.17) is 37.4 Å². The molecule has 0 unspecified atom stereocenters. The van der Waals surface area contributed by atoms with Crippen LogP contribution in [0, 0.1) is 0 Å². The lowest BCUT2D eigenvalue weighted by Crippen LogP contribution is -2.59. The zero-order chi connectivity index (χ0) is 26.9. The van der Waals surface area contributed by atoms with Crippen molar-refractivity contribution in [1.82, 2.24) is 14.9 Å². The van der Waals surface area contributed by atoms with Crippen molar-refractivity contribution in [3.05, 3.63) is 40.5 Å². The van der Waals surface area contributed by atoms with Crippen LogP contribution >= 0.6 is 23.2 Å². The van der Waals surface area contributed by atoms with E-state index in [0.717, 1.165) is 22.9 Å². The number of likely N-dealkylation sites (tertiary alicyclic amines) is 1. The molecule has 3 aromatic rings. The molecule has 1 fully saturated rings. The Kier molecular flexibility index (Phi) is 7.87. The number of quaternary nitrogens is 1. The summed E-state index contributed by atoms with van der Waals surface area (Å²) in [5.41, 5.74) is 5.59. The largest absolute Gasteiger partial charge is 0.495 e. The fraction of sp³-hybridized carbons (Fsp3) is 0.423. The number of hydrogen-bond donors (Lipinski definition) is 2. The maximum atomic E-state index is 12.7. The van der Waals surface area contributed by atoms with Crippen LogP contribution in [-0.2, 0) is 4.74 Å². The molecule has 2 aromatic carbocycles. The van der Waals surface area contributed by atoms with E-state index >= 15 is 0 Å². The molecule has 9 nitrogen and oxygen atoms in total. The highest BCUT2D eigenvalue weighted by Crippen LogP contribution is 2.46. The Labute approximate surface area is 226 Å². The third-order valence-corrected chi connectivity index (χ3v) is 6.90. The number of amides is 1. The lowest BCUT2D eigenvalue weighted by atomic mass is 10.0. The van der Waals surface area contributed by atoms with Crippen molar-refractivity contribution < 1.29 is 24.7 Å². The number of anilines is 1. The van der Waals surface area contributed by atoms with Crippen molar-refractivity contribution in [3.8, 4) is 22.6 Å². The van der Waals surface area contributed by atoms with E-state index < -0.39 is 5.60 Å². The molecule has 1 aromatic heterocycles. The summed E-state index contributed by atoms with van der Waals surface area (Å²) in [4.78, 5) is 23.6. The van der Waals surface area contributed by atoms with Crippen LogP contribution in [0.1, 0.15) is 27.2 Å². The molecular formula is C26H32Cl2N5O4+. The highest BCUT2D eigenvalue weighted by atomic mass is 35.5. The Balaban J connectivity index is 1.56. The SMILES string of the molecule is COc1cc(OC)c(Cl)c(-c2ccc3nc(N[C@H]4C[C@@H](C[NH3+])N(C(=O)OC(C)(C)C)C4)ncc3c2)c1Cl. The van der Waals surface area contributed by atoms with Gasteiger partial charge in [-0.05, 0) is 44.9 Å². The van der Waals surface area contributed by atoms with Gasteiger partial charge >= 0.3 is 6.09 Å². The molecule has 0 spiro atoms. The Morgan fingerprint density at radius 2 is 1.84 bits per heavy atom. The van der Waals surface area contributed by atoms with E-state index in [2.05, 4.69) is 21.0 Å². The molecule has 2 heterocycles. The summed E-state index contributed by atoms with van der Waals surface area (Å²) in [6.45, 7) is 6.66. The summed E-state index contributed by atoms with van der Waals surface area (Å²) in [5, 5.41) is 4.96. The lowest BCUT2D eigenvalue weighted by Gasteiger charge is -2.27. The molecule has 0 radical (unpaired) electrons. The number of carbonyl (C=O) groups excluding carboxylic acids is 1. The maximum Gasteiger partial charge on any atom is 0.410 e. The number of halogens is 2. The van der Waals surface area contributed by atoms with Crippen LogP contribution in [0.3, 0.4) is 0 Å². The zero-order valence-electron chi connectivity index (χ0n) is 21.6. The monoisotopic (exact) mass is 548 g/mol. The van der Waals surface area contributed by atoms with Gasteiger partial charge in [-0.1, -0.05) is 29.3 Å². The van der Waals surface area contributed by atoms with Crippen molar-refractivity contribution >= 4 is 46.1 Å². The van der Waals surface area contributed by atoms with E-state index in [1.807, 2.05) is 39.0 Å². The second kappa shape index (κ2) is 10.8. The Hall–Kier alpha value is -3.01. The summed E-state index contributed by atoms with van der Waals surface area (Å²) in [6.07, 6.45) is 2.15. The average Bonchev–Trinajstić information content (AvgIpc) is 3.26. The first-order valence-electron chi connectivity index (χ1n) is 12.0. The van der Waals surface area contributed by atoms with Crippen LogP contribution in [0.4, 0.5) is 10.7 Å². The van der Waals surface area contributed by atoms with E-state index in [0.29, 0.717) is 46.1 Å². The highest BCUT2D eigenvalue weighted by molar-refractivity contribution is 6.41. The number of nitrogens with zero attached hydrogens (tertiary/aromatic N) is 3. The third kappa shape index (κ3) is 5.79. The van der Waals surface area contributed by atoms with Gasteiger partial charge in [-0.25, -0.2) is 14.8 Å². The molecule has 1 aliphatic heterocycles. The first-order valence-corrected chi connectivity index (χ1v) is 12.7. The van der Waals surface area contributed by atoms with Crippen LogP contribution in [0.15, 0.2) is 30.5 Å². The fourth-order valence-electron chi connectivity index (χ4n) is 4.42. The summed E-state index contributed by atoms with van der Waals surface area (Å²) in [6, 6.07) is 7.33. The van der Waals surface area contributed by atoms with Gasteiger partial charge in [0.15, 0.2) is 0 Å². The highest BCUT2D eigenvalue weighted by Gasteiger charge is 2.38. The second-order valence-electron chi connectivity index (χ2n) is 9.90. The van der Waals surface area contributed by atoms with Crippen LogP contribution < -0.4 is 20.5 Å². The van der Waals surface area contributed by atoms with Gasteiger partial charge in [0.25, 0.3) is 0 Å². The number of aromatic nitrogens is 2. The molecule has 0 aliphatic carbocycles. The Morgan fingerprint density at radius 1 is 1.16 bits per heavy atom. The minimum Gasteiger partial charge on any atom is -0.495 e. The maximum absolute atomic E-state index is 12.7. The zero-order valence-corrected chi connectivity index (χ0v) is 23.1. The second-order valence-corrected chi connectivity index (χ2v) is 10.7. The number of hydrogen-bond acceptors (Lipinski definition) is 7. The summed E-state index contributed by atoms with van der Waals surface area (Å²) in [5.74, 6) is 1.41. The molecule has 4 N–H and O–H groups in total. The number of fused-ring (bicyclic) bond motifs is 1. The standard InChI is InChI=1S/C26H31Cl2N5O4/c1-26(2,3)37-25(34)33-13-16(9-17(33)11-29)31-24-30-12-15-8-14(6-7-18(15)32-24)21-22(27)19(35-4)10-20(36-5)23(21)28/h6-8,10,12,16-17H,9,11,13,29H2,1-5H3,(H,30,31,32)/p+1/t16-,17-/m0/s1. The molecule has 4 rings (SSSR count). The number of benzene rings is 2. The molecule has 0 bridgehead atoms. The fourth-order valence-corrected chi connectivity index (χ4v) is 5.14. The third-order valence-electron chi connectivity index (χ3n) is 6.15. The van der Waals surface area contributed by atoms with Crippen molar-refractivity contribution in [2.24, 2.45) is 0 Å². The van der Waals surface area contributed by atoms with Gasteiger partial charge in [0, 0.05) is 35.8 Å². The van der Waals surface area contributed by atoms with Crippen molar-refractivity contribution in [2.75, 3.05) is 32.6 Å². The molecule has 11 heteroatoms. The number of rotatable bonds is 6. The predicted molar refractivity (Wildman–Crippen MR) is 145 cm³/mol. The van der Waals surface area contributed by atoms with E-state index in [1.54, 1.807) is 17.2 Å². The first kappa shape index (κ1) is 27.0. The van der Waals surface area contributed by atoms with Crippen LogP contribution in [0.2, 0.25) is 10.0 Å². The van der Waals surface area contributed by atoms with Gasteiger partial charge in [0.2, 0.25) is 5.95 Å². The van der Waals surface area contributed by atoms with Crippen molar-refractivity contribution in [1.29, 1.82) is 0 Å². The minimum absolute atomic E-state index is 0.00952. The van der Waals surface area contributed by atoms with Gasteiger partial charge in [-0.15, -0.1) is 0 Å². The Bertz CT molecular complexity index is 1290. The van der Waals surface area contributed by atoms with Gasteiger partial charge in [-0.2, -0.15) is 0 Å². The molecule has 1 saturated heterocycles. The Morgan fingerprint density at radius 3 is 2.43 bits per heavy atom. The van der Waals surface area contributed by atoms with E-state index in [1.165, 1.54) is 14.2 Å². The molecule has 2 atom stereocenters. The predicted octanol–water partition coefficient (Wildman–Crippen LogP) is 4.65. The number of carbonyl (C=O) groups is 1. The van der Waals surface area contributed by atoms with Gasteiger partial charge in [0.1, 0.15) is 17.1 Å². The quantitative estimate of drug-likeness (QED) is 0.460. The summed E-state index contributed by atoms with van der Waals surface area (Å²) >= 11 is 13.2. The van der Waals surface area contributed by atoms with Gasteiger partial charge in [-0.3, -0.25) is 4.90 Å². The van der Waals surface area contributed by atoms with Crippen molar-refractivity contribution in [3.63, 3.8) is 0 Å². The molecular weight excluding hydrogens is 517 g/mol. The first-order chi connectivity index (χ1) is 17.5. The van der Waals surface area contributed by atoms with Crippen molar-refractivity contribution in [2.45, 2.75) is 44.9 Å². The topological polar surface area (TPSA) is 113 Å². The van der Waals surface area contributed by atoms with E-state index in [9.17, 15) is 4.79 Å². The number of methoxy groups -OCH3 is 2. The molecule has 198 valence electrons. The summed E-state index contributed by atoms with van der Waals surface area (Å²) in [7, 11) is 3.08. The molecule has 1 amide bonds. The smallest absolute Gasteiger partial charge is 0.410 e. The average molecular weight is 549 g/mol. The van der Waals surface area contributed by atoms with Gasteiger partial charge in [0.05, 0.1) is 42.4 Å². The molecule has 37 heavy (non-hydrogen) atoms. The summed E-state index contributed by atoms with van der Waals surface area (Å²) < 4.78 is 16.4. The van der Waals surface area contributed by atoms with E-state index in [-0.39, 0.29) is 18.2 Å². The van der Waals surface area contributed by atoms with Crippen LogP contribution in [-0.4, -0.2) is 66.0 Å². The van der Waals surface area contributed by atoms with Crippen LogP contribution in [0.25, 0.3) is 22.0 Å². The normalized spacial score (nSPS) is 17.7.